The molecule has 0 aliphatic carbocycles. The zero-order valence-corrected chi connectivity index (χ0v) is 12.3. The van der Waals surface area contributed by atoms with Gasteiger partial charge in [-0.3, -0.25) is 0 Å². The second-order valence-electron chi connectivity index (χ2n) is 5.80. The fourth-order valence-corrected chi connectivity index (χ4v) is 2.85. The van der Waals surface area contributed by atoms with Crippen LogP contribution in [0.5, 0.6) is 0 Å². The van der Waals surface area contributed by atoms with Crippen LogP contribution in [0.3, 0.4) is 0 Å². The van der Waals surface area contributed by atoms with Gasteiger partial charge in [0.1, 0.15) is 0 Å². The van der Waals surface area contributed by atoms with E-state index in [1.54, 1.807) is 0 Å². The Morgan fingerprint density at radius 1 is 1.37 bits per heavy atom. The monoisotopic (exact) mass is 262 g/mol. The lowest BCUT2D eigenvalue weighted by molar-refractivity contribution is 0.263. The summed E-state index contributed by atoms with van der Waals surface area (Å²) in [4.78, 5) is 2.47. The van der Waals surface area contributed by atoms with Crippen molar-refractivity contribution in [1.82, 2.24) is 5.32 Å². The molecule has 106 valence electrons. The van der Waals surface area contributed by atoms with E-state index in [4.69, 9.17) is 0 Å². The highest BCUT2D eigenvalue weighted by molar-refractivity contribution is 5.55. The van der Waals surface area contributed by atoms with E-state index < -0.39 is 0 Å². The van der Waals surface area contributed by atoms with E-state index in [1.165, 1.54) is 16.8 Å². The van der Waals surface area contributed by atoms with E-state index in [0.717, 1.165) is 25.9 Å². The largest absolute Gasteiger partial charge is 0.396 e. The minimum absolute atomic E-state index is 0.255. The molecule has 2 atom stereocenters. The fraction of sp³-hybridized carbons (Fsp3) is 0.625. The maximum atomic E-state index is 9.19. The van der Waals surface area contributed by atoms with Crippen molar-refractivity contribution >= 4 is 5.69 Å². The zero-order valence-electron chi connectivity index (χ0n) is 12.3. The average molecular weight is 262 g/mol. The normalized spacial score (nSPS) is 24.3. The van der Waals surface area contributed by atoms with Gasteiger partial charge in [0.15, 0.2) is 0 Å². The van der Waals surface area contributed by atoms with Gasteiger partial charge in [-0.05, 0) is 50.8 Å². The third-order valence-electron chi connectivity index (χ3n) is 3.98. The second kappa shape index (κ2) is 6.40. The van der Waals surface area contributed by atoms with Gasteiger partial charge in [0.05, 0.1) is 0 Å². The lowest BCUT2D eigenvalue weighted by Gasteiger charge is -2.28. The van der Waals surface area contributed by atoms with Crippen molar-refractivity contribution in [2.45, 2.75) is 45.7 Å². The highest BCUT2D eigenvalue weighted by Gasteiger charge is 2.22. The molecule has 0 bridgehead atoms. The fourth-order valence-electron chi connectivity index (χ4n) is 2.85. The maximum Gasteiger partial charge on any atom is 0.0446 e. The van der Waals surface area contributed by atoms with Gasteiger partial charge in [-0.25, -0.2) is 0 Å². The quantitative estimate of drug-likeness (QED) is 0.877. The van der Waals surface area contributed by atoms with E-state index in [1.807, 2.05) is 0 Å². The number of benzene rings is 1. The number of rotatable bonds is 3. The molecule has 1 heterocycles. The molecule has 0 aromatic heterocycles. The third kappa shape index (κ3) is 3.71. The SMILES string of the molecule is Cc1ccc(C)c(N2CCC(C)NC(CCO)C2)c1. The average Bonchev–Trinajstić information content (AvgIpc) is 2.55. The maximum absolute atomic E-state index is 9.19. The van der Waals surface area contributed by atoms with Crippen molar-refractivity contribution in [3.8, 4) is 0 Å². The zero-order chi connectivity index (χ0) is 13.8. The number of hydrogen-bond donors (Lipinski definition) is 2. The van der Waals surface area contributed by atoms with Crippen molar-refractivity contribution in [3.63, 3.8) is 0 Å². The highest BCUT2D eigenvalue weighted by atomic mass is 16.3. The standard InChI is InChI=1S/C16H26N2O/c1-12-4-5-13(2)16(10-12)18-8-6-14(3)17-15(11-18)7-9-19/h4-5,10,14-15,17,19H,6-9,11H2,1-3H3. The molecule has 1 fully saturated rings. The number of nitrogens with zero attached hydrogens (tertiary/aromatic N) is 1. The van der Waals surface area contributed by atoms with E-state index in [2.05, 4.69) is 49.2 Å². The lowest BCUT2D eigenvalue weighted by atomic mass is 10.1. The predicted molar refractivity (Wildman–Crippen MR) is 80.8 cm³/mol. The smallest absolute Gasteiger partial charge is 0.0446 e. The molecular formula is C16H26N2O. The molecule has 2 unspecified atom stereocenters. The molecule has 0 saturated carbocycles. The minimum atomic E-state index is 0.255. The number of anilines is 1. The molecule has 3 nitrogen and oxygen atoms in total. The van der Waals surface area contributed by atoms with Crippen molar-refractivity contribution in [1.29, 1.82) is 0 Å². The number of nitrogens with one attached hydrogen (secondary N) is 1. The predicted octanol–water partition coefficient (Wildman–Crippen LogP) is 2.24. The van der Waals surface area contributed by atoms with Crippen molar-refractivity contribution in [3.05, 3.63) is 29.3 Å². The van der Waals surface area contributed by atoms with Crippen LogP contribution in [0.2, 0.25) is 0 Å². The summed E-state index contributed by atoms with van der Waals surface area (Å²) in [6.07, 6.45) is 1.97. The Kier molecular flexibility index (Phi) is 4.83. The van der Waals surface area contributed by atoms with Gasteiger partial charge in [-0.1, -0.05) is 12.1 Å². The first kappa shape index (κ1) is 14.4. The van der Waals surface area contributed by atoms with Gasteiger partial charge >= 0.3 is 0 Å². The van der Waals surface area contributed by atoms with Crippen LogP contribution >= 0.6 is 0 Å². The van der Waals surface area contributed by atoms with Gasteiger partial charge in [-0.2, -0.15) is 0 Å². The van der Waals surface area contributed by atoms with Crippen molar-refractivity contribution in [2.75, 3.05) is 24.6 Å². The van der Waals surface area contributed by atoms with Gasteiger partial charge in [-0.15, -0.1) is 0 Å². The molecule has 1 aromatic carbocycles. The Labute approximate surface area is 116 Å². The molecule has 0 spiro atoms. The summed E-state index contributed by atoms with van der Waals surface area (Å²) in [5.41, 5.74) is 3.99. The van der Waals surface area contributed by atoms with Crippen molar-refractivity contribution < 1.29 is 5.11 Å². The molecule has 1 aliphatic rings. The summed E-state index contributed by atoms with van der Waals surface area (Å²) < 4.78 is 0. The van der Waals surface area contributed by atoms with Crippen LogP contribution in [-0.2, 0) is 0 Å². The molecular weight excluding hydrogens is 236 g/mol. The topological polar surface area (TPSA) is 35.5 Å². The van der Waals surface area contributed by atoms with Crippen LogP contribution in [0.1, 0.15) is 30.9 Å². The summed E-state index contributed by atoms with van der Waals surface area (Å²) in [6.45, 7) is 8.88. The molecule has 2 N–H and O–H groups in total. The Bertz CT molecular complexity index is 419. The molecule has 19 heavy (non-hydrogen) atoms. The lowest BCUT2D eigenvalue weighted by Crippen LogP contribution is -2.41. The number of aryl methyl sites for hydroxylation is 2. The summed E-state index contributed by atoms with van der Waals surface area (Å²) in [5.74, 6) is 0. The first-order valence-electron chi connectivity index (χ1n) is 7.29. The Hall–Kier alpha value is -1.06. The van der Waals surface area contributed by atoms with Crippen LogP contribution < -0.4 is 10.2 Å². The van der Waals surface area contributed by atoms with E-state index in [0.29, 0.717) is 12.1 Å². The third-order valence-corrected chi connectivity index (χ3v) is 3.98. The van der Waals surface area contributed by atoms with Crippen LogP contribution in [0.25, 0.3) is 0 Å². The van der Waals surface area contributed by atoms with Gasteiger partial charge in [0.2, 0.25) is 0 Å². The number of aliphatic hydroxyl groups is 1. The molecule has 3 heteroatoms. The Morgan fingerprint density at radius 3 is 2.89 bits per heavy atom. The van der Waals surface area contributed by atoms with Gasteiger partial charge in [0, 0.05) is 37.5 Å². The van der Waals surface area contributed by atoms with E-state index in [9.17, 15) is 5.11 Å². The number of aliphatic hydroxyl groups excluding tert-OH is 1. The van der Waals surface area contributed by atoms with Crippen LogP contribution in [0, 0.1) is 13.8 Å². The molecule has 0 radical (unpaired) electrons. The van der Waals surface area contributed by atoms with Crippen molar-refractivity contribution in [2.24, 2.45) is 0 Å². The first-order valence-corrected chi connectivity index (χ1v) is 7.29. The number of hydrogen-bond acceptors (Lipinski definition) is 3. The highest BCUT2D eigenvalue weighted by Crippen LogP contribution is 2.24. The molecule has 1 saturated heterocycles. The van der Waals surface area contributed by atoms with Crippen LogP contribution in [0.15, 0.2) is 18.2 Å². The molecule has 0 amide bonds. The molecule has 2 rings (SSSR count). The van der Waals surface area contributed by atoms with Crippen LogP contribution in [0.4, 0.5) is 5.69 Å². The molecule has 1 aromatic rings. The van der Waals surface area contributed by atoms with Gasteiger partial charge < -0.3 is 15.3 Å². The summed E-state index contributed by atoms with van der Waals surface area (Å²) in [6, 6.07) is 7.55. The Balaban J connectivity index is 2.19. The first-order chi connectivity index (χ1) is 9.10. The van der Waals surface area contributed by atoms with Crippen LogP contribution in [-0.4, -0.2) is 36.9 Å². The minimum Gasteiger partial charge on any atom is -0.396 e. The summed E-state index contributed by atoms with van der Waals surface area (Å²) in [5, 5.41) is 12.8. The van der Waals surface area contributed by atoms with Gasteiger partial charge in [0.25, 0.3) is 0 Å². The second-order valence-corrected chi connectivity index (χ2v) is 5.80. The van der Waals surface area contributed by atoms with E-state index in [-0.39, 0.29) is 6.61 Å². The summed E-state index contributed by atoms with van der Waals surface area (Å²) >= 11 is 0. The Morgan fingerprint density at radius 2 is 2.16 bits per heavy atom. The summed E-state index contributed by atoms with van der Waals surface area (Å²) in [7, 11) is 0. The van der Waals surface area contributed by atoms with E-state index >= 15 is 0 Å². The molecule has 1 aliphatic heterocycles.